The van der Waals surface area contributed by atoms with Gasteiger partial charge in [-0.2, -0.15) is 23.3 Å². The van der Waals surface area contributed by atoms with E-state index in [1.165, 1.54) is 31.5 Å². The highest BCUT2D eigenvalue weighted by Crippen LogP contribution is 2.40. The van der Waals surface area contributed by atoms with Gasteiger partial charge in [0.1, 0.15) is 0 Å². The lowest BCUT2D eigenvalue weighted by Crippen LogP contribution is -2.56. The quantitative estimate of drug-likeness (QED) is 0.844. The molecular formula is C11H10F3N3O2. The van der Waals surface area contributed by atoms with Crippen LogP contribution in [0.3, 0.4) is 0 Å². The summed E-state index contributed by atoms with van der Waals surface area (Å²) in [5.74, 6) is -1.03. The zero-order chi connectivity index (χ0) is 14.3. The van der Waals surface area contributed by atoms with Crippen molar-refractivity contribution in [2.75, 3.05) is 0 Å². The molecule has 2 rings (SSSR count). The summed E-state index contributed by atoms with van der Waals surface area (Å²) in [4.78, 5) is 15.6. The average molecular weight is 273 g/mol. The minimum absolute atomic E-state index is 0.0298. The third kappa shape index (κ3) is 2.19. The Kier molecular flexibility index (Phi) is 3.05. The molecule has 19 heavy (non-hydrogen) atoms. The average Bonchev–Trinajstić information content (AvgIpc) is 2.65. The van der Waals surface area contributed by atoms with Crippen LogP contribution in [0, 0.1) is 0 Å². The van der Waals surface area contributed by atoms with Gasteiger partial charge in [0.25, 0.3) is 11.6 Å². The zero-order valence-electron chi connectivity index (χ0n) is 9.85. The van der Waals surface area contributed by atoms with E-state index < -0.39 is 24.2 Å². The molecule has 1 aromatic rings. The fourth-order valence-electron chi connectivity index (χ4n) is 1.77. The lowest BCUT2D eigenvalue weighted by Gasteiger charge is -2.32. The van der Waals surface area contributed by atoms with Gasteiger partial charge in [0.05, 0.1) is 0 Å². The Morgan fingerprint density at radius 2 is 2.00 bits per heavy atom. The number of aromatic nitrogens is 1. The van der Waals surface area contributed by atoms with Crippen LogP contribution in [-0.2, 0) is 0 Å². The summed E-state index contributed by atoms with van der Waals surface area (Å²) in [5.41, 5.74) is -3.30. The molecule has 1 amide bonds. The zero-order valence-corrected chi connectivity index (χ0v) is 9.85. The fourth-order valence-corrected chi connectivity index (χ4v) is 1.77. The second-order valence-corrected chi connectivity index (χ2v) is 4.18. The predicted octanol–water partition coefficient (Wildman–Crippen LogP) is 1.55. The highest BCUT2D eigenvalue weighted by Gasteiger charge is 2.62. The monoisotopic (exact) mass is 273 g/mol. The molecule has 8 heteroatoms. The number of amides is 1. The van der Waals surface area contributed by atoms with Crippen molar-refractivity contribution in [3.05, 3.63) is 30.1 Å². The topological polar surface area (TPSA) is 65.8 Å². The van der Waals surface area contributed by atoms with Crippen molar-refractivity contribution in [3.8, 4) is 0 Å². The Morgan fingerprint density at radius 1 is 1.42 bits per heavy atom. The lowest BCUT2D eigenvalue weighted by atomic mass is 10.1. The van der Waals surface area contributed by atoms with Gasteiger partial charge in [-0.1, -0.05) is 0 Å². The Bertz CT molecular complexity index is 530. The van der Waals surface area contributed by atoms with Crippen LogP contribution in [0.25, 0.3) is 0 Å². The molecular weight excluding hydrogens is 263 g/mol. The Morgan fingerprint density at radius 3 is 2.53 bits per heavy atom. The molecule has 2 heterocycles. The van der Waals surface area contributed by atoms with Crippen LogP contribution >= 0.6 is 0 Å². The summed E-state index contributed by atoms with van der Waals surface area (Å²) < 4.78 is 38.7. The highest BCUT2D eigenvalue weighted by molar-refractivity contribution is 5.97. The Hall–Kier alpha value is -1.96. The maximum Gasteiger partial charge on any atom is 0.438 e. The molecule has 1 N–H and O–H groups in total. The standard InChI is InChI=1S/C11H10F3N3O2/c1-7-6-10(19,11(12,13)14)17(16-7)9(18)8-2-4-15-5-3-8/h2-5,19H,6H2,1H3. The van der Waals surface area contributed by atoms with E-state index in [0.717, 1.165) is 0 Å². The molecule has 0 saturated carbocycles. The van der Waals surface area contributed by atoms with E-state index in [9.17, 15) is 23.1 Å². The van der Waals surface area contributed by atoms with E-state index in [0.29, 0.717) is 0 Å². The van der Waals surface area contributed by atoms with E-state index in [2.05, 4.69) is 10.1 Å². The summed E-state index contributed by atoms with van der Waals surface area (Å²) in [7, 11) is 0. The normalized spacial score (nSPS) is 23.4. The van der Waals surface area contributed by atoms with E-state index >= 15 is 0 Å². The summed E-state index contributed by atoms with van der Waals surface area (Å²) in [5, 5.41) is 13.3. The largest absolute Gasteiger partial charge is 0.438 e. The molecule has 0 bridgehead atoms. The van der Waals surface area contributed by atoms with E-state index in [4.69, 9.17) is 0 Å². The molecule has 0 aliphatic carbocycles. The molecule has 1 atom stereocenters. The molecule has 1 aliphatic heterocycles. The molecule has 5 nitrogen and oxygen atoms in total. The number of hydrogen-bond acceptors (Lipinski definition) is 4. The third-order valence-corrected chi connectivity index (χ3v) is 2.70. The Balaban J connectivity index is 2.40. The van der Waals surface area contributed by atoms with Crippen molar-refractivity contribution in [2.45, 2.75) is 25.2 Å². The van der Waals surface area contributed by atoms with Gasteiger partial charge in [0, 0.05) is 30.1 Å². The molecule has 1 aliphatic rings. The van der Waals surface area contributed by atoms with Crippen LogP contribution in [-0.4, -0.2) is 38.6 Å². The van der Waals surface area contributed by atoms with Crippen LogP contribution in [0.1, 0.15) is 23.7 Å². The molecule has 1 unspecified atom stereocenters. The van der Waals surface area contributed by atoms with Gasteiger partial charge in [-0.15, -0.1) is 0 Å². The van der Waals surface area contributed by atoms with Crippen molar-refractivity contribution in [2.24, 2.45) is 5.10 Å². The second kappa shape index (κ2) is 4.30. The number of hydrazone groups is 1. The lowest BCUT2D eigenvalue weighted by molar-refractivity contribution is -0.297. The third-order valence-electron chi connectivity index (χ3n) is 2.70. The summed E-state index contributed by atoms with van der Waals surface area (Å²) >= 11 is 0. The van der Waals surface area contributed by atoms with Gasteiger partial charge in [0.2, 0.25) is 0 Å². The van der Waals surface area contributed by atoms with Crippen LogP contribution in [0.2, 0.25) is 0 Å². The number of halogens is 3. The van der Waals surface area contributed by atoms with Gasteiger partial charge in [-0.3, -0.25) is 9.78 Å². The predicted molar refractivity (Wildman–Crippen MR) is 59.1 cm³/mol. The van der Waals surface area contributed by atoms with Crippen molar-refractivity contribution in [3.63, 3.8) is 0 Å². The van der Waals surface area contributed by atoms with Gasteiger partial charge in [-0.25, -0.2) is 0 Å². The first-order chi connectivity index (χ1) is 8.75. The summed E-state index contributed by atoms with van der Waals surface area (Å²) in [6.07, 6.45) is -3.21. The van der Waals surface area contributed by atoms with E-state index in [1.54, 1.807) is 0 Å². The first-order valence-corrected chi connectivity index (χ1v) is 5.33. The van der Waals surface area contributed by atoms with E-state index in [-0.39, 0.29) is 16.3 Å². The molecule has 0 fully saturated rings. The number of pyridine rings is 1. The fraction of sp³-hybridized carbons (Fsp3) is 0.364. The molecule has 102 valence electrons. The van der Waals surface area contributed by atoms with Crippen molar-refractivity contribution >= 4 is 11.6 Å². The van der Waals surface area contributed by atoms with Gasteiger partial charge in [0.15, 0.2) is 0 Å². The highest BCUT2D eigenvalue weighted by atomic mass is 19.4. The SMILES string of the molecule is CC1=NN(C(=O)c2ccncc2)C(O)(C(F)(F)F)C1. The minimum Gasteiger partial charge on any atom is -0.362 e. The maximum atomic E-state index is 12.9. The second-order valence-electron chi connectivity index (χ2n) is 4.18. The number of hydrogen-bond donors (Lipinski definition) is 1. The van der Waals surface area contributed by atoms with Gasteiger partial charge in [-0.05, 0) is 19.1 Å². The number of alkyl halides is 3. The van der Waals surface area contributed by atoms with Crippen LogP contribution in [0.15, 0.2) is 29.6 Å². The molecule has 0 saturated heterocycles. The van der Waals surface area contributed by atoms with Gasteiger partial charge < -0.3 is 5.11 Å². The van der Waals surface area contributed by atoms with E-state index in [1.807, 2.05) is 0 Å². The molecule has 0 spiro atoms. The Labute approximate surface area is 106 Å². The molecule has 0 aromatic carbocycles. The van der Waals surface area contributed by atoms with Crippen LogP contribution < -0.4 is 0 Å². The number of carbonyl (C=O) groups is 1. The van der Waals surface area contributed by atoms with Crippen molar-refractivity contribution in [1.29, 1.82) is 0 Å². The maximum absolute atomic E-state index is 12.9. The molecule has 0 radical (unpaired) electrons. The van der Waals surface area contributed by atoms with Crippen LogP contribution in [0.5, 0.6) is 0 Å². The summed E-state index contributed by atoms with van der Waals surface area (Å²) in [6.45, 7) is 1.32. The van der Waals surface area contributed by atoms with Gasteiger partial charge >= 0.3 is 6.18 Å². The van der Waals surface area contributed by atoms with Crippen LogP contribution in [0.4, 0.5) is 13.2 Å². The molecule has 1 aromatic heterocycles. The number of carbonyl (C=O) groups excluding carboxylic acids is 1. The van der Waals surface area contributed by atoms with Crippen molar-refractivity contribution in [1.82, 2.24) is 9.99 Å². The first kappa shape index (κ1) is 13.5. The summed E-state index contributed by atoms with van der Waals surface area (Å²) in [6, 6.07) is 2.50. The number of nitrogens with zero attached hydrogens (tertiary/aromatic N) is 3. The number of aliphatic hydroxyl groups is 1. The first-order valence-electron chi connectivity index (χ1n) is 5.33. The van der Waals surface area contributed by atoms with Crippen molar-refractivity contribution < 1.29 is 23.1 Å². The smallest absolute Gasteiger partial charge is 0.362 e. The minimum atomic E-state index is -4.99. The number of rotatable bonds is 1.